The van der Waals surface area contributed by atoms with Crippen LogP contribution in [0.15, 0.2) is 46.9 Å². The van der Waals surface area contributed by atoms with Crippen molar-refractivity contribution in [2.45, 2.75) is 58.7 Å². The number of hydrogen-bond acceptors (Lipinski definition) is 5. The molecule has 2 aliphatic heterocycles. The predicted molar refractivity (Wildman–Crippen MR) is 130 cm³/mol. The molecule has 1 aromatic heterocycles. The zero-order chi connectivity index (χ0) is 25.7. The van der Waals surface area contributed by atoms with Crippen LogP contribution in [0.4, 0.5) is 23.7 Å². The largest absolute Gasteiger partial charge is 0.415 e. The summed E-state index contributed by atoms with van der Waals surface area (Å²) in [5.74, 6) is -1.59. The van der Waals surface area contributed by atoms with Gasteiger partial charge in [-0.2, -0.15) is 8.78 Å². The average molecular weight is 502 g/mol. The van der Waals surface area contributed by atoms with E-state index in [1.54, 1.807) is 4.90 Å². The number of para-hydroxylation sites is 1. The molecule has 2 aliphatic rings. The number of benzene rings is 2. The molecule has 7 nitrogen and oxygen atoms in total. The SMILES string of the molecule is CCC.O=C1N(Cc2ccc(-c3nnc(C(F)F)o3)cc2F)c2ccccc2CN1C1CCNCC1. The van der Waals surface area contributed by atoms with Gasteiger partial charge in [0.15, 0.2) is 0 Å². The molecule has 10 heteroatoms. The smallest absolute Gasteiger partial charge is 0.325 e. The van der Waals surface area contributed by atoms with Crippen molar-refractivity contribution in [3.8, 4) is 11.5 Å². The molecule has 192 valence electrons. The second-order valence-corrected chi connectivity index (χ2v) is 8.87. The van der Waals surface area contributed by atoms with Gasteiger partial charge in [-0.3, -0.25) is 4.90 Å². The molecule has 36 heavy (non-hydrogen) atoms. The number of halogens is 3. The molecular formula is C26H30F3N5O2. The number of piperidine rings is 1. The number of carbonyl (C=O) groups excluding carboxylic acids is 1. The van der Waals surface area contributed by atoms with Crippen molar-refractivity contribution < 1.29 is 22.4 Å². The molecule has 5 rings (SSSR count). The number of anilines is 1. The first kappa shape index (κ1) is 25.7. The van der Waals surface area contributed by atoms with Crippen LogP contribution >= 0.6 is 0 Å². The normalized spacial score (nSPS) is 16.1. The van der Waals surface area contributed by atoms with E-state index in [4.69, 9.17) is 4.42 Å². The van der Waals surface area contributed by atoms with Crippen molar-refractivity contribution in [3.63, 3.8) is 0 Å². The third-order valence-corrected chi connectivity index (χ3v) is 6.10. The van der Waals surface area contributed by atoms with Crippen molar-refractivity contribution in [1.29, 1.82) is 0 Å². The van der Waals surface area contributed by atoms with Crippen LogP contribution in [0.2, 0.25) is 0 Å². The number of fused-ring (bicyclic) bond motifs is 1. The zero-order valence-electron chi connectivity index (χ0n) is 20.4. The molecule has 1 N–H and O–H groups in total. The van der Waals surface area contributed by atoms with Crippen LogP contribution in [0.25, 0.3) is 11.5 Å². The number of nitrogens with one attached hydrogen (secondary N) is 1. The quantitative estimate of drug-likeness (QED) is 0.470. The Morgan fingerprint density at radius 2 is 1.83 bits per heavy atom. The van der Waals surface area contributed by atoms with E-state index >= 15 is 4.39 Å². The van der Waals surface area contributed by atoms with Crippen LogP contribution in [-0.2, 0) is 13.1 Å². The van der Waals surface area contributed by atoms with Gasteiger partial charge in [0.25, 0.3) is 5.89 Å². The minimum absolute atomic E-state index is 0.0372. The molecule has 1 fully saturated rings. The number of rotatable bonds is 5. The van der Waals surface area contributed by atoms with E-state index in [0.717, 1.165) is 43.2 Å². The second kappa shape index (κ2) is 11.6. The van der Waals surface area contributed by atoms with Gasteiger partial charge in [-0.15, -0.1) is 10.2 Å². The van der Waals surface area contributed by atoms with Gasteiger partial charge in [0.05, 0.1) is 12.2 Å². The lowest BCUT2D eigenvalue weighted by atomic mass is 10.0. The van der Waals surface area contributed by atoms with Crippen molar-refractivity contribution in [1.82, 2.24) is 20.4 Å². The molecule has 0 aliphatic carbocycles. The lowest BCUT2D eigenvalue weighted by molar-refractivity contribution is 0.116. The fraction of sp³-hybridized carbons (Fsp3) is 0.423. The topological polar surface area (TPSA) is 74.5 Å². The maximum Gasteiger partial charge on any atom is 0.325 e. The minimum atomic E-state index is -2.90. The van der Waals surface area contributed by atoms with Crippen molar-refractivity contribution in [2.24, 2.45) is 0 Å². The van der Waals surface area contributed by atoms with E-state index < -0.39 is 18.1 Å². The molecule has 1 saturated heterocycles. The van der Waals surface area contributed by atoms with Gasteiger partial charge >= 0.3 is 12.5 Å². The minimum Gasteiger partial charge on any atom is -0.415 e. The van der Waals surface area contributed by atoms with Crippen LogP contribution in [-0.4, -0.2) is 40.3 Å². The third-order valence-electron chi connectivity index (χ3n) is 6.10. The highest BCUT2D eigenvalue weighted by Crippen LogP contribution is 2.33. The van der Waals surface area contributed by atoms with Crippen molar-refractivity contribution in [3.05, 3.63) is 65.3 Å². The van der Waals surface area contributed by atoms with Crippen LogP contribution in [0.5, 0.6) is 0 Å². The van der Waals surface area contributed by atoms with Crippen molar-refractivity contribution in [2.75, 3.05) is 18.0 Å². The molecule has 0 unspecified atom stereocenters. The standard InChI is InChI=1S/C23H22F3N5O2.C3H8/c24-18-11-14(21-28-29-22(33-21)20(25)26)5-6-15(18)12-31-19-4-2-1-3-16(19)13-30(23(31)32)17-7-9-27-10-8-17;1-3-2/h1-6,11,17,20,27H,7-10,12-13H2;3H2,1-2H3. The number of amides is 2. The Morgan fingerprint density at radius 3 is 2.50 bits per heavy atom. The highest BCUT2D eigenvalue weighted by Gasteiger charge is 2.35. The maximum atomic E-state index is 15.0. The number of hydrogen-bond donors (Lipinski definition) is 1. The van der Waals surface area contributed by atoms with Gasteiger partial charge in [0.2, 0.25) is 5.89 Å². The highest BCUT2D eigenvalue weighted by atomic mass is 19.3. The van der Waals surface area contributed by atoms with Gasteiger partial charge in [-0.1, -0.05) is 44.5 Å². The molecule has 0 spiro atoms. The molecule has 3 aromatic rings. The fourth-order valence-electron chi connectivity index (χ4n) is 4.39. The summed E-state index contributed by atoms with van der Waals surface area (Å²) in [6.07, 6.45) is 0.0917. The molecule has 0 atom stereocenters. The van der Waals surface area contributed by atoms with E-state index in [0.29, 0.717) is 12.1 Å². The highest BCUT2D eigenvalue weighted by molar-refractivity contribution is 5.95. The first-order valence-electron chi connectivity index (χ1n) is 12.2. The van der Waals surface area contributed by atoms with Crippen molar-refractivity contribution >= 4 is 11.7 Å². The summed E-state index contributed by atoms with van der Waals surface area (Å²) < 4.78 is 45.3. The first-order chi connectivity index (χ1) is 17.4. The lowest BCUT2D eigenvalue weighted by Gasteiger charge is -2.42. The number of urea groups is 1. The summed E-state index contributed by atoms with van der Waals surface area (Å²) in [6, 6.07) is 11.8. The zero-order valence-corrected chi connectivity index (χ0v) is 20.4. The van der Waals surface area contributed by atoms with Crippen LogP contribution in [0.3, 0.4) is 0 Å². The second-order valence-electron chi connectivity index (χ2n) is 8.87. The Balaban J connectivity index is 0.000000967. The Hall–Kier alpha value is -3.40. The van der Waals surface area contributed by atoms with E-state index in [2.05, 4.69) is 29.4 Å². The summed E-state index contributed by atoms with van der Waals surface area (Å²) >= 11 is 0. The van der Waals surface area contributed by atoms with E-state index in [1.165, 1.54) is 18.6 Å². The Bertz CT molecular complexity index is 1180. The van der Waals surface area contributed by atoms with Gasteiger partial charge < -0.3 is 14.6 Å². The number of aromatic nitrogens is 2. The Labute approximate surface area is 208 Å². The van der Waals surface area contributed by atoms with Crippen LogP contribution < -0.4 is 10.2 Å². The Kier molecular flexibility index (Phi) is 8.25. The molecule has 2 amide bonds. The molecule has 0 bridgehead atoms. The monoisotopic (exact) mass is 501 g/mol. The summed E-state index contributed by atoms with van der Waals surface area (Å²) in [5.41, 5.74) is 2.26. The average Bonchev–Trinajstić information content (AvgIpc) is 3.38. The Morgan fingerprint density at radius 1 is 1.11 bits per heavy atom. The van der Waals surface area contributed by atoms with E-state index in [1.807, 2.05) is 29.2 Å². The van der Waals surface area contributed by atoms with Crippen LogP contribution in [0.1, 0.15) is 56.6 Å². The molecule has 0 radical (unpaired) electrons. The van der Waals surface area contributed by atoms with Crippen LogP contribution in [0, 0.1) is 5.82 Å². The summed E-state index contributed by atoms with van der Waals surface area (Å²) in [5, 5.41) is 10.1. The lowest BCUT2D eigenvalue weighted by Crippen LogP contribution is -2.53. The number of nitrogens with zero attached hydrogens (tertiary/aromatic N) is 4. The van der Waals surface area contributed by atoms with E-state index in [-0.39, 0.29) is 30.1 Å². The first-order valence-corrected chi connectivity index (χ1v) is 12.2. The third kappa shape index (κ3) is 5.53. The van der Waals surface area contributed by atoms with E-state index in [9.17, 15) is 13.6 Å². The molecular weight excluding hydrogens is 471 g/mol. The maximum absolute atomic E-state index is 15.0. The van der Waals surface area contributed by atoms with Gasteiger partial charge in [0.1, 0.15) is 5.82 Å². The number of carbonyl (C=O) groups is 1. The molecule has 3 heterocycles. The van der Waals surface area contributed by atoms with Gasteiger partial charge in [0, 0.05) is 23.7 Å². The summed E-state index contributed by atoms with van der Waals surface area (Å²) in [6.45, 7) is 6.53. The van der Waals surface area contributed by atoms with Gasteiger partial charge in [-0.05, 0) is 49.7 Å². The molecule has 0 saturated carbocycles. The fourth-order valence-corrected chi connectivity index (χ4v) is 4.39. The van der Waals surface area contributed by atoms with Gasteiger partial charge in [-0.25, -0.2) is 9.18 Å². The summed E-state index contributed by atoms with van der Waals surface area (Å²) in [4.78, 5) is 16.9. The summed E-state index contributed by atoms with van der Waals surface area (Å²) in [7, 11) is 0. The predicted octanol–water partition coefficient (Wildman–Crippen LogP) is 5.92. The number of alkyl halides is 2. The molecule has 2 aromatic carbocycles.